The van der Waals surface area contributed by atoms with Gasteiger partial charge in [0.05, 0.1) is 29.7 Å². The molecule has 10 nitrogen and oxygen atoms in total. The number of carbonyl (C=O) groups excluding carboxylic acids is 1. The Morgan fingerprint density at radius 3 is 2.58 bits per heavy atom. The van der Waals surface area contributed by atoms with Crippen LogP contribution in [0.25, 0.3) is 11.1 Å². The molecule has 0 aliphatic rings. The molecule has 0 bridgehead atoms. The first kappa shape index (κ1) is 21.9. The maximum absolute atomic E-state index is 12.3. The number of aromatic nitrogens is 1. The van der Waals surface area contributed by atoms with Crippen molar-refractivity contribution < 1.29 is 23.6 Å². The van der Waals surface area contributed by atoms with Gasteiger partial charge in [-0.3, -0.25) is 19.5 Å². The van der Waals surface area contributed by atoms with E-state index in [4.69, 9.17) is 13.9 Å². The predicted molar refractivity (Wildman–Crippen MR) is 113 cm³/mol. The van der Waals surface area contributed by atoms with E-state index in [0.29, 0.717) is 43.2 Å². The lowest BCUT2D eigenvalue weighted by Crippen LogP contribution is -2.32. The average molecular weight is 429 g/mol. The molecule has 3 aromatic rings. The Labute approximate surface area is 177 Å². The number of carbonyl (C=O) groups is 1. The summed E-state index contributed by atoms with van der Waals surface area (Å²) < 4.78 is 17.3. The van der Waals surface area contributed by atoms with Gasteiger partial charge in [-0.15, -0.1) is 0 Å². The number of oxazole rings is 1. The number of benzene rings is 2. The summed E-state index contributed by atoms with van der Waals surface area (Å²) in [6, 6.07) is 9.42. The van der Waals surface area contributed by atoms with Crippen LogP contribution in [0.2, 0.25) is 0 Å². The maximum atomic E-state index is 12.3. The van der Waals surface area contributed by atoms with Crippen molar-refractivity contribution in [1.82, 2.24) is 9.88 Å². The van der Waals surface area contributed by atoms with Crippen LogP contribution >= 0.6 is 0 Å². The number of hydrogen-bond donors (Lipinski definition) is 1. The molecule has 0 unspecified atom stereocenters. The summed E-state index contributed by atoms with van der Waals surface area (Å²) in [5, 5.41) is 13.6. The van der Waals surface area contributed by atoms with E-state index in [0.717, 1.165) is 16.2 Å². The van der Waals surface area contributed by atoms with Gasteiger partial charge < -0.3 is 19.2 Å². The number of rotatable bonds is 10. The minimum atomic E-state index is -0.751. The second-order valence-electron chi connectivity index (χ2n) is 6.61. The molecule has 0 spiro atoms. The minimum absolute atomic E-state index is 0.0600. The van der Waals surface area contributed by atoms with E-state index in [1.807, 2.05) is 32.0 Å². The van der Waals surface area contributed by atoms with Gasteiger partial charge in [-0.25, -0.2) is 4.79 Å². The number of fused-ring (bicyclic) bond motifs is 1. The lowest BCUT2D eigenvalue weighted by atomic mass is 10.1. The van der Waals surface area contributed by atoms with Crippen LogP contribution in [-0.2, 0) is 17.8 Å². The molecule has 0 atom stereocenters. The topological polar surface area (TPSA) is 126 Å². The molecule has 0 aliphatic carbocycles. The molecular weight excluding hydrogens is 406 g/mol. The number of nitro benzene ring substituents is 1. The normalized spacial score (nSPS) is 10.8. The van der Waals surface area contributed by atoms with Crippen LogP contribution < -0.4 is 20.5 Å². The van der Waals surface area contributed by atoms with Crippen molar-refractivity contribution in [3.8, 4) is 11.5 Å². The Morgan fingerprint density at radius 1 is 1.13 bits per heavy atom. The van der Waals surface area contributed by atoms with Crippen LogP contribution in [0.4, 0.5) is 5.69 Å². The standard InChI is InChI=1S/C21H23N3O7/c1-3-29-17-8-5-14(11-19(17)30-4-2)9-10-22-20(25)13-23-16-7-6-15(24(27)28)12-18(16)31-21(23)26/h5-8,11-12H,3-4,9-10,13H2,1-2H3,(H,22,25). The third kappa shape index (κ3) is 5.21. The van der Waals surface area contributed by atoms with Gasteiger partial charge in [0.1, 0.15) is 6.54 Å². The molecule has 10 heteroatoms. The van der Waals surface area contributed by atoms with E-state index in [1.165, 1.54) is 12.1 Å². The highest BCUT2D eigenvalue weighted by Gasteiger charge is 2.16. The summed E-state index contributed by atoms with van der Waals surface area (Å²) in [5.74, 6) is 0.194. The number of ether oxygens (including phenoxy) is 2. The molecule has 2 aromatic carbocycles. The fraction of sp³-hybridized carbons (Fsp3) is 0.333. The van der Waals surface area contributed by atoms with E-state index in [-0.39, 0.29) is 23.7 Å². The molecule has 31 heavy (non-hydrogen) atoms. The highest BCUT2D eigenvalue weighted by molar-refractivity contribution is 5.80. The summed E-state index contributed by atoms with van der Waals surface area (Å²) >= 11 is 0. The summed E-state index contributed by atoms with van der Waals surface area (Å²) in [6.07, 6.45) is 0.561. The number of non-ortho nitro benzene ring substituents is 1. The molecule has 3 rings (SSSR count). The van der Waals surface area contributed by atoms with Crippen molar-refractivity contribution in [2.45, 2.75) is 26.8 Å². The summed E-state index contributed by atoms with van der Waals surface area (Å²) in [6.45, 7) is 4.94. The van der Waals surface area contributed by atoms with Crippen LogP contribution in [0.3, 0.4) is 0 Å². The zero-order chi connectivity index (χ0) is 22.4. The number of hydrogen-bond acceptors (Lipinski definition) is 7. The van der Waals surface area contributed by atoms with Crippen LogP contribution in [0.15, 0.2) is 45.6 Å². The van der Waals surface area contributed by atoms with Gasteiger partial charge >= 0.3 is 5.76 Å². The van der Waals surface area contributed by atoms with Gasteiger partial charge in [-0.2, -0.15) is 0 Å². The molecule has 1 heterocycles. The van der Waals surface area contributed by atoms with Crippen molar-refractivity contribution >= 4 is 22.7 Å². The van der Waals surface area contributed by atoms with E-state index < -0.39 is 10.7 Å². The first-order valence-electron chi connectivity index (χ1n) is 9.86. The minimum Gasteiger partial charge on any atom is -0.490 e. The number of nitrogens with zero attached hydrogens (tertiary/aromatic N) is 2. The lowest BCUT2D eigenvalue weighted by Gasteiger charge is -2.12. The zero-order valence-corrected chi connectivity index (χ0v) is 17.3. The summed E-state index contributed by atoms with van der Waals surface area (Å²) in [4.78, 5) is 34.6. The second-order valence-corrected chi connectivity index (χ2v) is 6.61. The molecule has 164 valence electrons. The van der Waals surface area contributed by atoms with Crippen molar-refractivity contribution in [2.24, 2.45) is 0 Å². The van der Waals surface area contributed by atoms with E-state index >= 15 is 0 Å². The van der Waals surface area contributed by atoms with Gasteiger partial charge in [-0.1, -0.05) is 6.07 Å². The number of amides is 1. The molecule has 1 amide bonds. The molecule has 1 aromatic heterocycles. The summed E-state index contributed by atoms with van der Waals surface area (Å²) in [7, 11) is 0. The second kappa shape index (κ2) is 9.79. The van der Waals surface area contributed by atoms with E-state index in [2.05, 4.69) is 5.32 Å². The molecule has 0 saturated carbocycles. The van der Waals surface area contributed by atoms with Crippen molar-refractivity contribution in [3.63, 3.8) is 0 Å². The average Bonchev–Trinajstić information content (AvgIpc) is 3.04. The van der Waals surface area contributed by atoms with Crippen molar-refractivity contribution in [1.29, 1.82) is 0 Å². The fourth-order valence-corrected chi connectivity index (χ4v) is 3.12. The Morgan fingerprint density at radius 2 is 1.87 bits per heavy atom. The van der Waals surface area contributed by atoms with Crippen molar-refractivity contribution in [3.05, 3.63) is 62.6 Å². The van der Waals surface area contributed by atoms with Crippen LogP contribution in [0.1, 0.15) is 19.4 Å². The Kier molecular flexibility index (Phi) is 6.91. The SMILES string of the molecule is CCOc1ccc(CCNC(=O)Cn2c(=O)oc3cc([N+](=O)[O-])ccc32)cc1OCC. The van der Waals surface area contributed by atoms with Gasteiger partial charge in [0.25, 0.3) is 5.69 Å². The largest absolute Gasteiger partial charge is 0.490 e. The smallest absolute Gasteiger partial charge is 0.420 e. The highest BCUT2D eigenvalue weighted by Crippen LogP contribution is 2.28. The quantitative estimate of drug-likeness (QED) is 0.388. The zero-order valence-electron chi connectivity index (χ0n) is 17.3. The molecular formula is C21H23N3O7. The number of nitro groups is 1. The van der Waals surface area contributed by atoms with Gasteiger partial charge in [0.15, 0.2) is 17.1 Å². The predicted octanol–water partition coefficient (Wildman–Crippen LogP) is 2.66. The maximum Gasteiger partial charge on any atom is 0.420 e. The Hall–Kier alpha value is -3.82. The first-order chi connectivity index (χ1) is 14.9. The monoisotopic (exact) mass is 429 g/mol. The fourth-order valence-electron chi connectivity index (χ4n) is 3.12. The Balaban J connectivity index is 1.62. The molecule has 0 aliphatic heterocycles. The Bertz CT molecular complexity index is 1150. The van der Waals surface area contributed by atoms with Gasteiger partial charge in [0.2, 0.25) is 5.91 Å². The van der Waals surface area contributed by atoms with Crippen LogP contribution in [0, 0.1) is 10.1 Å². The third-order valence-corrected chi connectivity index (χ3v) is 4.51. The van der Waals surface area contributed by atoms with Crippen LogP contribution in [-0.4, -0.2) is 35.2 Å². The molecule has 0 radical (unpaired) electrons. The van der Waals surface area contributed by atoms with Crippen LogP contribution in [0.5, 0.6) is 11.5 Å². The first-order valence-corrected chi connectivity index (χ1v) is 9.86. The number of nitrogens with one attached hydrogen (secondary N) is 1. The van der Waals surface area contributed by atoms with Gasteiger partial charge in [0, 0.05) is 12.6 Å². The van der Waals surface area contributed by atoms with Gasteiger partial charge in [-0.05, 0) is 44.0 Å². The summed E-state index contributed by atoms with van der Waals surface area (Å²) in [5.41, 5.74) is 1.15. The van der Waals surface area contributed by atoms with E-state index in [1.54, 1.807) is 0 Å². The van der Waals surface area contributed by atoms with Crippen molar-refractivity contribution in [2.75, 3.05) is 19.8 Å². The molecule has 0 saturated heterocycles. The van der Waals surface area contributed by atoms with E-state index in [9.17, 15) is 19.7 Å². The molecule has 1 N–H and O–H groups in total. The molecule has 0 fully saturated rings. The highest BCUT2D eigenvalue weighted by atomic mass is 16.6. The lowest BCUT2D eigenvalue weighted by molar-refractivity contribution is -0.384. The third-order valence-electron chi connectivity index (χ3n) is 4.51.